The van der Waals surface area contributed by atoms with Gasteiger partial charge in [-0.1, -0.05) is 16.5 Å². The molecule has 0 aliphatic rings. The molecule has 2 atom stereocenters. The van der Waals surface area contributed by atoms with Crippen LogP contribution in [0.15, 0.2) is 27.1 Å². The fourth-order valence-electron chi connectivity index (χ4n) is 1.08. The molecule has 0 aliphatic carbocycles. The lowest BCUT2D eigenvalue weighted by molar-refractivity contribution is 0.428. The van der Waals surface area contributed by atoms with Gasteiger partial charge in [0.2, 0.25) is 0 Å². The predicted octanol–water partition coefficient (Wildman–Crippen LogP) is 4.13. The Hall–Kier alpha value is -0.460. The van der Waals surface area contributed by atoms with Crippen LogP contribution in [-0.2, 0) is 11.4 Å². The van der Waals surface area contributed by atoms with Crippen molar-refractivity contribution in [2.45, 2.75) is 31.7 Å². The highest BCUT2D eigenvalue weighted by Crippen LogP contribution is 2.26. The summed E-state index contributed by atoms with van der Waals surface area (Å²) < 4.78 is 42.2. The SMILES string of the molecule is CC(C)(C)[S@+]([O-])N=C[C@H](F)c1cccc(Br)c1F. The first-order valence-electron chi connectivity index (χ1n) is 5.27. The van der Waals surface area contributed by atoms with E-state index < -0.39 is 28.1 Å². The summed E-state index contributed by atoms with van der Waals surface area (Å²) in [6, 6.07) is 4.34. The number of hydrogen-bond donors (Lipinski definition) is 0. The van der Waals surface area contributed by atoms with Gasteiger partial charge in [0.1, 0.15) is 21.9 Å². The van der Waals surface area contributed by atoms with Crippen molar-refractivity contribution in [1.82, 2.24) is 0 Å². The van der Waals surface area contributed by atoms with Crippen molar-refractivity contribution < 1.29 is 13.3 Å². The van der Waals surface area contributed by atoms with Crippen molar-refractivity contribution in [1.29, 1.82) is 0 Å². The van der Waals surface area contributed by atoms with Crippen molar-refractivity contribution in [3.63, 3.8) is 0 Å². The Balaban J connectivity index is 2.86. The molecule has 0 unspecified atom stereocenters. The second-order valence-electron chi connectivity index (χ2n) is 4.66. The average molecular weight is 338 g/mol. The predicted molar refractivity (Wildman–Crippen MR) is 74.3 cm³/mol. The Morgan fingerprint density at radius 2 is 2.06 bits per heavy atom. The first kappa shape index (κ1) is 15.6. The second-order valence-corrected chi connectivity index (χ2v) is 7.45. The maximum absolute atomic E-state index is 13.8. The van der Waals surface area contributed by atoms with Crippen LogP contribution < -0.4 is 0 Å². The molecule has 0 amide bonds. The molecule has 0 spiro atoms. The van der Waals surface area contributed by atoms with E-state index in [-0.39, 0.29) is 10.0 Å². The summed E-state index contributed by atoms with van der Waals surface area (Å²) >= 11 is 1.43. The monoisotopic (exact) mass is 337 g/mol. The molecular formula is C12H14BrF2NOS. The molecule has 18 heavy (non-hydrogen) atoms. The lowest BCUT2D eigenvalue weighted by atomic mass is 10.1. The van der Waals surface area contributed by atoms with Gasteiger partial charge in [-0.25, -0.2) is 8.78 Å². The molecule has 0 saturated heterocycles. The van der Waals surface area contributed by atoms with Crippen LogP contribution in [0.4, 0.5) is 8.78 Å². The minimum absolute atomic E-state index is 0.126. The van der Waals surface area contributed by atoms with Crippen LogP contribution in [0.5, 0.6) is 0 Å². The third-order valence-electron chi connectivity index (χ3n) is 2.09. The van der Waals surface area contributed by atoms with Crippen molar-refractivity contribution in [2.24, 2.45) is 4.40 Å². The van der Waals surface area contributed by atoms with Crippen LogP contribution in [0.25, 0.3) is 0 Å². The van der Waals surface area contributed by atoms with E-state index in [0.717, 1.165) is 6.21 Å². The molecule has 0 aliphatic heterocycles. The number of rotatable bonds is 3. The quantitative estimate of drug-likeness (QED) is 0.603. The number of halogens is 3. The molecule has 0 radical (unpaired) electrons. The van der Waals surface area contributed by atoms with Gasteiger partial charge in [0, 0.05) is 5.56 Å². The smallest absolute Gasteiger partial charge is 0.167 e. The molecule has 1 aromatic carbocycles. The fourth-order valence-corrected chi connectivity index (χ4v) is 2.00. The standard InChI is InChI=1S/C12H14BrF2NOS/c1-12(2,3)18(17)16-7-10(14)8-5-4-6-9(13)11(8)15/h4-7,10H,1-3H3/t10-,18-/m0/s1. The van der Waals surface area contributed by atoms with Gasteiger partial charge in [0.25, 0.3) is 0 Å². The average Bonchev–Trinajstić information content (AvgIpc) is 2.27. The van der Waals surface area contributed by atoms with Crippen molar-refractivity contribution >= 4 is 33.5 Å². The molecule has 0 aromatic heterocycles. The van der Waals surface area contributed by atoms with E-state index in [2.05, 4.69) is 20.3 Å². The van der Waals surface area contributed by atoms with Gasteiger partial charge in [-0.15, -0.1) is 0 Å². The number of alkyl halides is 1. The zero-order valence-electron chi connectivity index (χ0n) is 10.3. The van der Waals surface area contributed by atoms with Gasteiger partial charge in [0.15, 0.2) is 6.17 Å². The summed E-state index contributed by atoms with van der Waals surface area (Å²) in [6.45, 7) is 5.19. The van der Waals surface area contributed by atoms with Crippen LogP contribution in [0.1, 0.15) is 32.5 Å². The third-order valence-corrected chi connectivity index (χ3v) is 4.06. The molecule has 0 saturated carbocycles. The molecule has 0 N–H and O–H groups in total. The van der Waals surface area contributed by atoms with Crippen molar-refractivity contribution in [2.75, 3.05) is 0 Å². The maximum Gasteiger partial charge on any atom is 0.167 e. The zero-order chi connectivity index (χ0) is 13.9. The summed E-state index contributed by atoms with van der Waals surface area (Å²) in [6.07, 6.45) is -0.833. The van der Waals surface area contributed by atoms with Crippen LogP contribution in [0.3, 0.4) is 0 Å². The Morgan fingerprint density at radius 3 is 2.61 bits per heavy atom. The summed E-state index contributed by atoms with van der Waals surface area (Å²) in [4.78, 5) is 0. The highest BCUT2D eigenvalue weighted by Gasteiger charge is 2.26. The van der Waals surface area contributed by atoms with E-state index in [1.807, 2.05) is 0 Å². The lowest BCUT2D eigenvalue weighted by Gasteiger charge is -2.18. The first-order chi connectivity index (χ1) is 8.23. The van der Waals surface area contributed by atoms with Gasteiger partial charge >= 0.3 is 0 Å². The first-order valence-corrected chi connectivity index (χ1v) is 7.17. The van der Waals surface area contributed by atoms with Crippen molar-refractivity contribution in [3.8, 4) is 0 Å². The zero-order valence-corrected chi connectivity index (χ0v) is 12.7. The highest BCUT2D eigenvalue weighted by atomic mass is 79.9. The Kier molecular flexibility index (Phi) is 5.31. The Labute approximate surface area is 117 Å². The summed E-state index contributed by atoms with van der Waals surface area (Å²) in [5.41, 5.74) is -0.126. The van der Waals surface area contributed by atoms with Crippen LogP contribution in [-0.4, -0.2) is 15.5 Å². The Morgan fingerprint density at radius 1 is 1.44 bits per heavy atom. The molecule has 0 heterocycles. The van der Waals surface area contributed by atoms with E-state index in [1.165, 1.54) is 18.2 Å². The second kappa shape index (κ2) is 6.12. The molecule has 6 heteroatoms. The van der Waals surface area contributed by atoms with Gasteiger partial charge in [-0.2, -0.15) is 0 Å². The molecule has 1 rings (SSSR count). The summed E-state index contributed by atoms with van der Waals surface area (Å²) in [5.74, 6) is -0.669. The summed E-state index contributed by atoms with van der Waals surface area (Å²) in [5, 5.41) is 0. The number of hydrogen-bond acceptors (Lipinski definition) is 2. The topological polar surface area (TPSA) is 35.4 Å². The van der Waals surface area contributed by atoms with Crippen LogP contribution in [0.2, 0.25) is 0 Å². The molecule has 0 bridgehead atoms. The minimum atomic E-state index is -1.71. The van der Waals surface area contributed by atoms with Gasteiger partial charge in [0.05, 0.1) is 10.7 Å². The lowest BCUT2D eigenvalue weighted by Crippen LogP contribution is -2.26. The molecular weight excluding hydrogens is 324 g/mol. The fraction of sp³-hybridized carbons (Fsp3) is 0.417. The minimum Gasteiger partial charge on any atom is -0.591 e. The molecule has 0 fully saturated rings. The normalized spacial score (nSPS) is 15.9. The van der Waals surface area contributed by atoms with E-state index in [4.69, 9.17) is 0 Å². The number of benzene rings is 1. The van der Waals surface area contributed by atoms with Gasteiger partial charge in [-0.3, -0.25) is 0 Å². The van der Waals surface area contributed by atoms with Gasteiger partial charge < -0.3 is 4.55 Å². The van der Waals surface area contributed by atoms with Crippen molar-refractivity contribution in [3.05, 3.63) is 34.1 Å². The summed E-state index contributed by atoms with van der Waals surface area (Å²) in [7, 11) is 0. The van der Waals surface area contributed by atoms with E-state index in [1.54, 1.807) is 20.8 Å². The molecule has 2 nitrogen and oxygen atoms in total. The number of nitrogens with zero attached hydrogens (tertiary/aromatic N) is 1. The largest absolute Gasteiger partial charge is 0.591 e. The van der Waals surface area contributed by atoms with Crippen LogP contribution in [0, 0.1) is 5.82 Å². The third kappa shape index (κ3) is 4.03. The van der Waals surface area contributed by atoms with E-state index in [0.29, 0.717) is 0 Å². The highest BCUT2D eigenvalue weighted by molar-refractivity contribution is 9.10. The molecule has 100 valence electrons. The van der Waals surface area contributed by atoms with Crippen LogP contribution >= 0.6 is 15.9 Å². The van der Waals surface area contributed by atoms with E-state index in [9.17, 15) is 13.3 Å². The molecule has 1 aromatic rings. The Bertz CT molecular complexity index is 448. The van der Waals surface area contributed by atoms with Gasteiger partial charge in [-0.05, 0) is 42.8 Å². The maximum atomic E-state index is 13.8. The van der Waals surface area contributed by atoms with E-state index >= 15 is 0 Å².